The Morgan fingerprint density at radius 2 is 2.10 bits per heavy atom. The van der Waals surface area contributed by atoms with Crippen LogP contribution in [0.2, 0.25) is 0 Å². The second kappa shape index (κ2) is 10.6. The summed E-state index contributed by atoms with van der Waals surface area (Å²) in [6.07, 6.45) is 8.77. The minimum absolute atomic E-state index is 0.273. The number of allylic oxidation sites excluding steroid dienone is 1. The maximum Gasteiger partial charge on any atom is 0.239 e. The highest BCUT2D eigenvalue weighted by molar-refractivity contribution is 7.98. The molecular weight excluding hydrogens is 399 g/mol. The Hall–Kier alpha value is -3.06. The zero-order valence-corrected chi connectivity index (χ0v) is 17.6. The molecule has 0 bridgehead atoms. The molecule has 0 aliphatic carbocycles. The van der Waals surface area contributed by atoms with Crippen molar-refractivity contribution in [1.29, 1.82) is 0 Å². The first-order valence-corrected chi connectivity index (χ1v) is 11.0. The highest BCUT2D eigenvalue weighted by atomic mass is 32.2. The van der Waals surface area contributed by atoms with Gasteiger partial charge in [0.25, 0.3) is 0 Å². The lowest BCUT2D eigenvalue weighted by Gasteiger charge is -2.16. The molecule has 0 aliphatic heterocycles. The second-order valence-corrected chi connectivity index (χ2v) is 7.88. The van der Waals surface area contributed by atoms with Gasteiger partial charge in [-0.1, -0.05) is 30.3 Å². The monoisotopic (exact) mass is 424 g/mol. The van der Waals surface area contributed by atoms with Crippen LogP contribution in [0.3, 0.4) is 0 Å². The molecule has 0 aliphatic rings. The van der Waals surface area contributed by atoms with Gasteiger partial charge in [-0.25, -0.2) is 9.37 Å². The number of hydrogen-bond donors (Lipinski definition) is 3. The van der Waals surface area contributed by atoms with E-state index in [1.807, 2.05) is 36.6 Å². The number of hydrogen-bond acceptors (Lipinski definition) is 4. The lowest BCUT2D eigenvalue weighted by atomic mass is 9.99. The molecule has 156 valence electrons. The van der Waals surface area contributed by atoms with Crippen molar-refractivity contribution in [2.24, 2.45) is 5.73 Å². The first-order chi connectivity index (χ1) is 14.5. The molecule has 0 radical (unpaired) electrons. The summed E-state index contributed by atoms with van der Waals surface area (Å²) in [5, 5.41) is 3.23. The Labute approximate surface area is 180 Å². The number of carbonyl (C=O) groups is 1. The summed E-state index contributed by atoms with van der Waals surface area (Å²) in [5.41, 5.74) is 9.24. The lowest BCUT2D eigenvalue weighted by Crippen LogP contribution is -2.35. The van der Waals surface area contributed by atoms with Gasteiger partial charge >= 0.3 is 0 Å². The van der Waals surface area contributed by atoms with Crippen molar-refractivity contribution < 1.29 is 9.18 Å². The number of imidazole rings is 1. The van der Waals surface area contributed by atoms with E-state index in [9.17, 15) is 9.18 Å². The number of anilines is 1. The predicted octanol–water partition coefficient (Wildman–Crippen LogP) is 4.35. The van der Waals surface area contributed by atoms with Crippen LogP contribution in [0, 0.1) is 5.82 Å². The number of nitrogens with two attached hydrogens (primary N) is 1. The number of carbonyl (C=O) groups excluding carboxylic acids is 1. The number of rotatable bonds is 10. The second-order valence-electron chi connectivity index (χ2n) is 6.90. The maximum absolute atomic E-state index is 13.4. The quantitative estimate of drug-likeness (QED) is 0.423. The number of benzene rings is 2. The number of H-pyrrole nitrogens is 1. The van der Waals surface area contributed by atoms with Crippen molar-refractivity contribution in [1.82, 2.24) is 9.97 Å². The Balaban J connectivity index is 1.87. The standard InChI is InChI=1S/C23H25FN4OS/c1-30-12-9-21(23(25)29)28-20-4-2-3-16(14-20)13-18(15-22-26-10-11-27-22)17-5-7-19(24)8-6-17/h2-8,10-11,13-14,21,28H,9,12,15H2,1H3,(H2,25,29)(H,26,27)/t21-/m0/s1. The Morgan fingerprint density at radius 3 is 2.77 bits per heavy atom. The molecule has 1 aromatic heterocycles. The third-order valence-corrected chi connectivity index (χ3v) is 5.29. The van der Waals surface area contributed by atoms with E-state index in [2.05, 4.69) is 15.3 Å². The predicted molar refractivity (Wildman–Crippen MR) is 123 cm³/mol. The van der Waals surface area contributed by atoms with Gasteiger partial charge in [0.2, 0.25) is 5.91 Å². The summed E-state index contributed by atoms with van der Waals surface area (Å²) in [7, 11) is 0. The highest BCUT2D eigenvalue weighted by Gasteiger charge is 2.14. The number of nitrogens with zero attached hydrogens (tertiary/aromatic N) is 1. The van der Waals surface area contributed by atoms with Crippen molar-refractivity contribution in [2.75, 3.05) is 17.3 Å². The number of aromatic amines is 1. The summed E-state index contributed by atoms with van der Waals surface area (Å²) in [6.45, 7) is 0. The Kier molecular flexibility index (Phi) is 7.68. The molecular formula is C23H25FN4OS. The number of amides is 1. The van der Waals surface area contributed by atoms with Gasteiger partial charge in [0.1, 0.15) is 17.7 Å². The van der Waals surface area contributed by atoms with Crippen LogP contribution in [-0.4, -0.2) is 33.9 Å². The molecule has 1 atom stereocenters. The molecule has 2 aromatic carbocycles. The average molecular weight is 425 g/mol. The number of primary amides is 1. The molecule has 0 saturated carbocycles. The molecule has 0 saturated heterocycles. The van der Waals surface area contributed by atoms with E-state index in [0.29, 0.717) is 12.8 Å². The van der Waals surface area contributed by atoms with E-state index in [1.54, 1.807) is 36.3 Å². The first kappa shape index (κ1) is 21.6. The lowest BCUT2D eigenvalue weighted by molar-refractivity contribution is -0.118. The van der Waals surface area contributed by atoms with Crippen LogP contribution in [0.5, 0.6) is 0 Å². The molecule has 0 fully saturated rings. The van der Waals surface area contributed by atoms with Crippen molar-refractivity contribution >= 4 is 35.0 Å². The van der Waals surface area contributed by atoms with E-state index in [4.69, 9.17) is 5.73 Å². The van der Waals surface area contributed by atoms with Crippen LogP contribution < -0.4 is 11.1 Å². The van der Waals surface area contributed by atoms with Crippen molar-refractivity contribution in [3.8, 4) is 0 Å². The molecule has 0 unspecified atom stereocenters. The SMILES string of the molecule is CSCC[C@H](Nc1cccc(C=C(Cc2ncc[nH]2)c2ccc(F)cc2)c1)C(N)=O. The van der Waals surface area contributed by atoms with E-state index in [0.717, 1.165) is 34.0 Å². The number of aromatic nitrogens is 2. The third kappa shape index (κ3) is 6.22. The van der Waals surface area contributed by atoms with Gasteiger partial charge in [0, 0.05) is 24.5 Å². The van der Waals surface area contributed by atoms with Gasteiger partial charge in [0.05, 0.1) is 0 Å². The summed E-state index contributed by atoms with van der Waals surface area (Å²) in [5.74, 6) is 1.03. The summed E-state index contributed by atoms with van der Waals surface area (Å²) in [6, 6.07) is 13.8. The van der Waals surface area contributed by atoms with Crippen LogP contribution in [0.15, 0.2) is 60.9 Å². The van der Waals surface area contributed by atoms with Gasteiger partial charge in [0.15, 0.2) is 0 Å². The number of thioether (sulfide) groups is 1. The van der Waals surface area contributed by atoms with Gasteiger partial charge in [-0.2, -0.15) is 11.8 Å². The topological polar surface area (TPSA) is 83.8 Å². The van der Waals surface area contributed by atoms with Gasteiger partial charge in [-0.05, 0) is 59.4 Å². The van der Waals surface area contributed by atoms with Crippen LogP contribution >= 0.6 is 11.8 Å². The number of halogens is 1. The number of nitrogens with one attached hydrogen (secondary N) is 2. The summed E-state index contributed by atoms with van der Waals surface area (Å²) in [4.78, 5) is 19.2. The minimum Gasteiger partial charge on any atom is -0.374 e. The zero-order chi connectivity index (χ0) is 21.3. The van der Waals surface area contributed by atoms with E-state index in [1.165, 1.54) is 12.1 Å². The third-order valence-electron chi connectivity index (χ3n) is 4.65. The Bertz CT molecular complexity index is 987. The van der Waals surface area contributed by atoms with E-state index in [-0.39, 0.29) is 11.7 Å². The molecule has 1 amide bonds. The molecule has 4 N–H and O–H groups in total. The van der Waals surface area contributed by atoms with Crippen LogP contribution in [0.1, 0.15) is 23.4 Å². The van der Waals surface area contributed by atoms with Crippen molar-refractivity contribution in [2.45, 2.75) is 18.9 Å². The minimum atomic E-state index is -0.420. The highest BCUT2D eigenvalue weighted by Crippen LogP contribution is 2.24. The van der Waals surface area contributed by atoms with Crippen LogP contribution in [-0.2, 0) is 11.2 Å². The molecule has 3 aromatic rings. The normalized spacial score (nSPS) is 12.5. The van der Waals surface area contributed by atoms with E-state index >= 15 is 0 Å². The molecule has 5 nitrogen and oxygen atoms in total. The fourth-order valence-electron chi connectivity index (χ4n) is 3.12. The maximum atomic E-state index is 13.4. The molecule has 30 heavy (non-hydrogen) atoms. The van der Waals surface area contributed by atoms with Crippen molar-refractivity contribution in [3.63, 3.8) is 0 Å². The van der Waals surface area contributed by atoms with Gasteiger partial charge in [-0.3, -0.25) is 4.79 Å². The molecule has 7 heteroatoms. The average Bonchev–Trinajstić information content (AvgIpc) is 3.24. The summed E-state index contributed by atoms with van der Waals surface area (Å²) < 4.78 is 13.4. The van der Waals surface area contributed by atoms with Crippen LogP contribution in [0.4, 0.5) is 10.1 Å². The van der Waals surface area contributed by atoms with Gasteiger partial charge in [-0.15, -0.1) is 0 Å². The molecule has 0 spiro atoms. The molecule has 1 heterocycles. The smallest absolute Gasteiger partial charge is 0.239 e. The fourth-order valence-corrected chi connectivity index (χ4v) is 3.59. The fraction of sp³-hybridized carbons (Fsp3) is 0.217. The zero-order valence-electron chi connectivity index (χ0n) is 16.8. The summed E-state index contributed by atoms with van der Waals surface area (Å²) >= 11 is 1.68. The van der Waals surface area contributed by atoms with Crippen LogP contribution in [0.25, 0.3) is 11.6 Å². The van der Waals surface area contributed by atoms with Crippen molar-refractivity contribution in [3.05, 3.63) is 83.7 Å². The molecule has 3 rings (SSSR count). The largest absolute Gasteiger partial charge is 0.374 e. The van der Waals surface area contributed by atoms with Gasteiger partial charge < -0.3 is 16.0 Å². The first-order valence-electron chi connectivity index (χ1n) is 9.65. The van der Waals surface area contributed by atoms with E-state index < -0.39 is 6.04 Å². The Morgan fingerprint density at radius 1 is 1.30 bits per heavy atom.